The summed E-state index contributed by atoms with van der Waals surface area (Å²) < 4.78 is 5.12. The number of rotatable bonds is 5. The molecular formula is C20H21NO4. The van der Waals surface area contributed by atoms with Gasteiger partial charge in [0.25, 0.3) is 0 Å². The van der Waals surface area contributed by atoms with Gasteiger partial charge in [-0.3, -0.25) is 4.79 Å². The van der Waals surface area contributed by atoms with Crippen molar-refractivity contribution in [2.45, 2.75) is 31.8 Å². The summed E-state index contributed by atoms with van der Waals surface area (Å²) >= 11 is 0. The first-order valence-corrected chi connectivity index (χ1v) is 8.30. The number of fused-ring (bicyclic) bond motifs is 1. The fourth-order valence-corrected chi connectivity index (χ4v) is 3.19. The van der Waals surface area contributed by atoms with Crippen LogP contribution < -0.4 is 4.74 Å². The lowest BCUT2D eigenvalue weighted by atomic mass is 9.93. The van der Waals surface area contributed by atoms with Gasteiger partial charge < -0.3 is 14.7 Å². The van der Waals surface area contributed by atoms with E-state index in [1.807, 2.05) is 48.5 Å². The van der Waals surface area contributed by atoms with Gasteiger partial charge in [-0.2, -0.15) is 0 Å². The second kappa shape index (κ2) is 7.38. The molecule has 1 amide bonds. The third kappa shape index (κ3) is 3.82. The Balaban J connectivity index is 1.70. The lowest BCUT2D eigenvalue weighted by Crippen LogP contribution is -2.48. The van der Waals surface area contributed by atoms with Crippen LogP contribution in [0.3, 0.4) is 0 Å². The van der Waals surface area contributed by atoms with Crippen LogP contribution in [0.15, 0.2) is 48.5 Å². The molecule has 130 valence electrons. The van der Waals surface area contributed by atoms with E-state index in [1.54, 1.807) is 7.11 Å². The van der Waals surface area contributed by atoms with Crippen molar-refractivity contribution >= 4 is 11.9 Å². The monoisotopic (exact) mass is 339 g/mol. The predicted octanol–water partition coefficient (Wildman–Crippen LogP) is 2.67. The van der Waals surface area contributed by atoms with Crippen LogP contribution in [0.4, 0.5) is 0 Å². The summed E-state index contributed by atoms with van der Waals surface area (Å²) in [6.07, 6.45) is 1.23. The number of carbonyl (C=O) groups excluding carboxylic acids is 1. The van der Waals surface area contributed by atoms with E-state index in [-0.39, 0.29) is 12.3 Å². The second-order valence-corrected chi connectivity index (χ2v) is 6.20. The molecule has 0 aliphatic carbocycles. The molecule has 1 heterocycles. The maximum Gasteiger partial charge on any atom is 0.326 e. The number of carboxylic acids is 1. The number of nitrogens with zero attached hydrogens (tertiary/aromatic N) is 1. The minimum atomic E-state index is -0.952. The van der Waals surface area contributed by atoms with Crippen LogP contribution in [-0.2, 0) is 29.0 Å². The number of carboxylic acid groups (broad SMARTS) is 1. The number of benzene rings is 2. The van der Waals surface area contributed by atoms with Gasteiger partial charge in [0.2, 0.25) is 5.91 Å². The summed E-state index contributed by atoms with van der Waals surface area (Å²) in [5, 5.41) is 9.52. The van der Waals surface area contributed by atoms with Gasteiger partial charge in [0, 0.05) is 19.4 Å². The lowest BCUT2D eigenvalue weighted by molar-refractivity contribution is -0.151. The van der Waals surface area contributed by atoms with Crippen LogP contribution in [0, 0.1) is 0 Å². The normalized spacial score (nSPS) is 16.2. The van der Waals surface area contributed by atoms with Crippen LogP contribution in [-0.4, -0.2) is 35.0 Å². The van der Waals surface area contributed by atoms with Crippen LogP contribution in [0.5, 0.6) is 5.75 Å². The summed E-state index contributed by atoms with van der Waals surface area (Å²) in [4.78, 5) is 25.8. The zero-order valence-corrected chi connectivity index (χ0v) is 14.1. The largest absolute Gasteiger partial charge is 0.497 e. The molecular weight excluding hydrogens is 318 g/mol. The molecule has 0 saturated heterocycles. The van der Waals surface area contributed by atoms with Crippen molar-refractivity contribution in [1.82, 2.24) is 4.90 Å². The van der Waals surface area contributed by atoms with E-state index in [9.17, 15) is 14.7 Å². The first-order chi connectivity index (χ1) is 12.1. The molecule has 2 aromatic carbocycles. The first kappa shape index (κ1) is 17.0. The van der Waals surface area contributed by atoms with Crippen LogP contribution in [0.25, 0.3) is 0 Å². The Kier molecular flexibility index (Phi) is 5.03. The summed E-state index contributed by atoms with van der Waals surface area (Å²) in [7, 11) is 1.61. The van der Waals surface area contributed by atoms with Gasteiger partial charge in [-0.1, -0.05) is 36.4 Å². The minimum Gasteiger partial charge on any atom is -0.497 e. The summed E-state index contributed by atoms with van der Waals surface area (Å²) in [6, 6.07) is 14.5. The molecule has 1 aliphatic rings. The molecule has 0 spiro atoms. The molecule has 0 aromatic heterocycles. The Morgan fingerprint density at radius 1 is 1.12 bits per heavy atom. The number of methoxy groups -OCH3 is 1. The third-order valence-corrected chi connectivity index (χ3v) is 4.64. The Labute approximate surface area is 146 Å². The Hall–Kier alpha value is -2.82. The lowest BCUT2D eigenvalue weighted by Gasteiger charge is -2.34. The van der Waals surface area contributed by atoms with Crippen LogP contribution in [0.1, 0.15) is 23.1 Å². The number of carbonyl (C=O) groups is 2. The number of ether oxygens (including phenoxy) is 1. The van der Waals surface area contributed by atoms with Crippen molar-refractivity contribution in [3.8, 4) is 5.75 Å². The van der Waals surface area contributed by atoms with E-state index in [0.717, 1.165) is 22.4 Å². The van der Waals surface area contributed by atoms with E-state index < -0.39 is 12.0 Å². The molecule has 0 radical (unpaired) electrons. The highest BCUT2D eigenvalue weighted by atomic mass is 16.5. The zero-order valence-electron chi connectivity index (χ0n) is 14.1. The van der Waals surface area contributed by atoms with E-state index in [0.29, 0.717) is 19.4 Å². The highest BCUT2D eigenvalue weighted by Crippen LogP contribution is 2.24. The standard InChI is InChI=1S/C20H21NO4/c1-25-17-9-6-14(7-10-17)8-11-19(22)21-13-16-5-3-2-4-15(16)12-18(21)20(23)24/h2-7,9-10,18H,8,11-13H2,1H3,(H,23,24)/t18-/m0/s1. The molecule has 2 aromatic rings. The van der Waals surface area contributed by atoms with E-state index >= 15 is 0 Å². The highest BCUT2D eigenvalue weighted by molar-refractivity contribution is 5.84. The summed E-state index contributed by atoms with van der Waals surface area (Å²) in [5.41, 5.74) is 3.06. The van der Waals surface area contributed by atoms with Gasteiger partial charge >= 0.3 is 5.97 Å². The maximum absolute atomic E-state index is 12.7. The van der Waals surface area contributed by atoms with Crippen molar-refractivity contribution in [3.05, 3.63) is 65.2 Å². The summed E-state index contributed by atoms with van der Waals surface area (Å²) in [6.45, 7) is 0.356. The van der Waals surface area contributed by atoms with Crippen molar-refractivity contribution < 1.29 is 19.4 Å². The van der Waals surface area contributed by atoms with Gasteiger partial charge in [0.05, 0.1) is 7.11 Å². The smallest absolute Gasteiger partial charge is 0.326 e. The van der Waals surface area contributed by atoms with Crippen molar-refractivity contribution in [2.24, 2.45) is 0 Å². The van der Waals surface area contributed by atoms with Gasteiger partial charge in [-0.25, -0.2) is 4.79 Å². The molecule has 5 heteroatoms. The van der Waals surface area contributed by atoms with E-state index in [2.05, 4.69) is 0 Å². The number of hydrogen-bond donors (Lipinski definition) is 1. The Morgan fingerprint density at radius 3 is 2.44 bits per heavy atom. The zero-order chi connectivity index (χ0) is 17.8. The fourth-order valence-electron chi connectivity index (χ4n) is 3.19. The quantitative estimate of drug-likeness (QED) is 0.909. The molecule has 0 fully saturated rings. The molecule has 5 nitrogen and oxygen atoms in total. The van der Waals surface area contributed by atoms with Crippen LogP contribution >= 0.6 is 0 Å². The van der Waals surface area contributed by atoms with Crippen molar-refractivity contribution in [3.63, 3.8) is 0 Å². The first-order valence-electron chi connectivity index (χ1n) is 8.30. The molecule has 0 unspecified atom stereocenters. The number of aryl methyl sites for hydroxylation is 1. The average Bonchev–Trinajstić information content (AvgIpc) is 2.65. The van der Waals surface area contributed by atoms with Crippen molar-refractivity contribution in [2.75, 3.05) is 7.11 Å². The van der Waals surface area contributed by atoms with Crippen molar-refractivity contribution in [1.29, 1.82) is 0 Å². The summed E-state index contributed by atoms with van der Waals surface area (Å²) in [5.74, 6) is -0.307. The molecule has 0 saturated carbocycles. The minimum absolute atomic E-state index is 0.127. The number of aliphatic carboxylic acids is 1. The third-order valence-electron chi connectivity index (χ3n) is 4.64. The fraction of sp³-hybridized carbons (Fsp3) is 0.300. The highest BCUT2D eigenvalue weighted by Gasteiger charge is 2.33. The SMILES string of the molecule is COc1ccc(CCC(=O)N2Cc3ccccc3C[C@H]2C(=O)O)cc1. The Morgan fingerprint density at radius 2 is 1.80 bits per heavy atom. The van der Waals surface area contributed by atoms with Gasteiger partial charge in [-0.05, 0) is 35.2 Å². The molecule has 1 N–H and O–H groups in total. The van der Waals surface area contributed by atoms with Crippen LogP contribution in [0.2, 0.25) is 0 Å². The predicted molar refractivity (Wildman–Crippen MR) is 93.4 cm³/mol. The molecule has 3 rings (SSSR count). The van der Waals surface area contributed by atoms with Gasteiger partial charge in [-0.15, -0.1) is 0 Å². The molecule has 1 atom stereocenters. The number of hydrogen-bond acceptors (Lipinski definition) is 3. The number of amides is 1. The average molecular weight is 339 g/mol. The molecule has 1 aliphatic heterocycles. The van der Waals surface area contributed by atoms with Gasteiger partial charge in [0.1, 0.15) is 11.8 Å². The molecule has 25 heavy (non-hydrogen) atoms. The Bertz CT molecular complexity index is 770. The van der Waals surface area contributed by atoms with E-state index in [1.165, 1.54) is 4.90 Å². The van der Waals surface area contributed by atoms with Gasteiger partial charge in [0.15, 0.2) is 0 Å². The second-order valence-electron chi connectivity index (χ2n) is 6.20. The topological polar surface area (TPSA) is 66.8 Å². The maximum atomic E-state index is 12.7. The van der Waals surface area contributed by atoms with E-state index in [4.69, 9.17) is 4.74 Å². The molecule has 0 bridgehead atoms.